The van der Waals surface area contributed by atoms with Crippen LogP contribution in [-0.4, -0.2) is 95.7 Å². The van der Waals surface area contributed by atoms with E-state index < -0.39 is 121 Å². The van der Waals surface area contributed by atoms with Gasteiger partial charge in [0.05, 0.1) is 25.7 Å². The molecule has 8 nitrogen and oxygen atoms in total. The molecular weight excluding hydrogens is 915 g/mol. The minimum atomic E-state index is -5.40. The smallest absolute Gasteiger partial charge is 0.289 e. The van der Waals surface area contributed by atoms with Crippen LogP contribution in [0.4, 0.5) is 105 Å². The molecule has 0 aromatic carbocycles. The Morgan fingerprint density at radius 2 is 0.264 bits per heavy atom. The molecule has 0 aliphatic carbocycles. The summed E-state index contributed by atoms with van der Waals surface area (Å²) in [6.45, 7) is 0. The summed E-state index contributed by atoms with van der Waals surface area (Å²) >= 11 is 0. The zero-order valence-electron chi connectivity index (χ0n) is 23.7. The summed E-state index contributed by atoms with van der Waals surface area (Å²) in [7, 11) is 0. The largest absolute Gasteiger partial charge is 0.450 e. The van der Waals surface area contributed by atoms with Crippen LogP contribution in [0.5, 0.6) is 0 Å². The number of Topliss-reactive ketones (excluding diaryl/α,β-unsaturated/α-hetero) is 8. The van der Waals surface area contributed by atoms with Gasteiger partial charge >= 0.3 is 49.4 Å². The van der Waals surface area contributed by atoms with Crippen LogP contribution in [0.2, 0.25) is 0 Å². The van der Waals surface area contributed by atoms with Gasteiger partial charge in [-0.3, -0.25) is 38.4 Å². The quantitative estimate of drug-likeness (QED) is 0.198. The zero-order chi connectivity index (χ0) is 43.4. The average Bonchev–Trinajstić information content (AvgIpc) is 2.85. The summed E-state index contributed by atoms with van der Waals surface area (Å²) in [6.07, 6.45) is -52.0. The summed E-state index contributed by atoms with van der Waals surface area (Å²) in [4.78, 5) is 79.0. The zero-order valence-corrected chi connectivity index (χ0v) is 26.1. The molecule has 0 fully saturated rings. The standard InChI is InChI=1S/4C5H2F6O2.Zr/c4*6-4(7,8)2(12)1-3(13)5(9,10)11;/h4*1H2;. The first kappa shape index (κ1) is 58.9. The number of alkyl halides is 24. The number of hydrogen-bond donors (Lipinski definition) is 0. The second-order valence-corrected chi connectivity index (χ2v) is 8.07. The van der Waals surface area contributed by atoms with Crippen LogP contribution in [0, 0.1) is 0 Å². The maximum atomic E-state index is 11.3. The maximum absolute atomic E-state index is 11.3. The molecule has 0 radical (unpaired) electrons. The van der Waals surface area contributed by atoms with E-state index in [1.54, 1.807) is 0 Å². The van der Waals surface area contributed by atoms with Crippen LogP contribution >= 0.6 is 0 Å². The molecule has 0 aliphatic rings. The van der Waals surface area contributed by atoms with Gasteiger partial charge in [0, 0.05) is 26.2 Å². The van der Waals surface area contributed by atoms with Gasteiger partial charge in [-0.2, -0.15) is 105 Å². The predicted molar refractivity (Wildman–Crippen MR) is 107 cm³/mol. The Morgan fingerprint density at radius 3 is 0.302 bits per heavy atom. The molecule has 0 aliphatic heterocycles. The van der Waals surface area contributed by atoms with Crippen molar-refractivity contribution in [3.05, 3.63) is 0 Å². The molecule has 0 amide bonds. The van der Waals surface area contributed by atoms with Gasteiger partial charge in [-0.15, -0.1) is 0 Å². The predicted octanol–water partition coefficient (Wildman–Crippen LogP) is 6.55. The van der Waals surface area contributed by atoms with E-state index in [9.17, 15) is 144 Å². The van der Waals surface area contributed by atoms with Crippen LogP contribution in [0.1, 0.15) is 25.7 Å². The minimum absolute atomic E-state index is 0. The fraction of sp³-hybridized carbons (Fsp3) is 0.600. The van der Waals surface area contributed by atoms with Crippen molar-refractivity contribution in [1.82, 2.24) is 0 Å². The fourth-order valence-electron chi connectivity index (χ4n) is 1.39. The molecule has 0 unspecified atom stereocenters. The molecule has 0 bridgehead atoms. The number of ketones is 8. The molecule has 0 aromatic heterocycles. The van der Waals surface area contributed by atoms with Crippen LogP contribution in [0.25, 0.3) is 0 Å². The minimum Gasteiger partial charge on any atom is -0.289 e. The van der Waals surface area contributed by atoms with Crippen LogP contribution in [0.15, 0.2) is 0 Å². The number of carbonyl (C=O) groups excluding carboxylic acids is 8. The van der Waals surface area contributed by atoms with Crippen molar-refractivity contribution in [3.63, 3.8) is 0 Å². The number of halogens is 24. The maximum Gasteiger partial charge on any atom is 0.450 e. The van der Waals surface area contributed by atoms with Gasteiger partial charge in [0.1, 0.15) is 0 Å². The van der Waals surface area contributed by atoms with Crippen LogP contribution in [-0.2, 0) is 64.6 Å². The SMILES string of the molecule is O=C(CC(=O)C(F)(F)F)C(F)(F)F.O=C(CC(=O)C(F)(F)F)C(F)(F)F.O=C(CC(=O)C(F)(F)F)C(F)(F)F.O=C(CC(=O)C(F)(F)F)C(F)(F)F.[Zr]. The van der Waals surface area contributed by atoms with Gasteiger partial charge in [-0.25, -0.2) is 0 Å². The van der Waals surface area contributed by atoms with E-state index in [4.69, 9.17) is 0 Å². The second-order valence-electron chi connectivity index (χ2n) is 8.07. The number of rotatable bonds is 8. The fourth-order valence-corrected chi connectivity index (χ4v) is 1.39. The summed E-state index contributed by atoms with van der Waals surface area (Å²) in [5, 5.41) is 0. The first-order chi connectivity index (χ1) is 22.2. The number of hydrogen-bond acceptors (Lipinski definition) is 8. The van der Waals surface area contributed by atoms with Crippen molar-refractivity contribution < 1.29 is 170 Å². The van der Waals surface area contributed by atoms with Gasteiger partial charge in [-0.1, -0.05) is 0 Å². The molecule has 0 saturated heterocycles. The summed E-state index contributed by atoms with van der Waals surface area (Å²) in [6, 6.07) is 0. The van der Waals surface area contributed by atoms with Crippen molar-refractivity contribution in [1.29, 1.82) is 0 Å². The molecule has 0 N–H and O–H groups in total. The molecule has 0 saturated carbocycles. The first-order valence-electron chi connectivity index (χ1n) is 11.0. The first-order valence-corrected chi connectivity index (χ1v) is 11.0. The Labute approximate surface area is 291 Å². The molecule has 53 heavy (non-hydrogen) atoms. The molecule has 0 spiro atoms. The summed E-state index contributed by atoms with van der Waals surface area (Å²) in [5.41, 5.74) is 0. The van der Waals surface area contributed by atoms with Gasteiger partial charge < -0.3 is 0 Å². The van der Waals surface area contributed by atoms with E-state index in [1.165, 1.54) is 0 Å². The van der Waals surface area contributed by atoms with Gasteiger partial charge in [0.25, 0.3) is 0 Å². The monoisotopic (exact) mass is 922 g/mol. The van der Waals surface area contributed by atoms with Gasteiger partial charge in [-0.05, 0) is 0 Å². The Kier molecular flexibility index (Phi) is 23.2. The molecule has 308 valence electrons. The van der Waals surface area contributed by atoms with E-state index >= 15 is 0 Å². The van der Waals surface area contributed by atoms with Gasteiger partial charge in [0.2, 0.25) is 46.3 Å². The Bertz CT molecular complexity index is 1010. The van der Waals surface area contributed by atoms with Crippen molar-refractivity contribution >= 4 is 46.3 Å². The van der Waals surface area contributed by atoms with E-state index in [2.05, 4.69) is 0 Å². The Hall–Kier alpha value is -3.44. The molecule has 0 aromatic rings. The third-order valence-electron chi connectivity index (χ3n) is 3.81. The van der Waals surface area contributed by atoms with Crippen molar-refractivity contribution in [3.8, 4) is 0 Å². The molecule has 0 rings (SSSR count). The molecular formula is C20H8F24O8Zr. The van der Waals surface area contributed by atoms with Crippen molar-refractivity contribution in [2.24, 2.45) is 0 Å². The van der Waals surface area contributed by atoms with E-state index in [-0.39, 0.29) is 26.2 Å². The van der Waals surface area contributed by atoms with Crippen LogP contribution in [0.3, 0.4) is 0 Å². The van der Waals surface area contributed by atoms with E-state index in [0.717, 1.165) is 0 Å². The van der Waals surface area contributed by atoms with E-state index in [0.29, 0.717) is 0 Å². The third kappa shape index (κ3) is 28.7. The summed E-state index contributed by atoms with van der Waals surface area (Å²) < 4.78 is 272. The van der Waals surface area contributed by atoms with Crippen molar-refractivity contribution in [2.75, 3.05) is 0 Å². The van der Waals surface area contributed by atoms with Crippen molar-refractivity contribution in [2.45, 2.75) is 75.1 Å². The Balaban J connectivity index is -0.000000192. The normalized spacial score (nSPS) is 12.5. The van der Waals surface area contributed by atoms with Crippen LogP contribution < -0.4 is 0 Å². The van der Waals surface area contributed by atoms with E-state index in [1.807, 2.05) is 0 Å². The summed E-state index contributed by atoms with van der Waals surface area (Å²) in [5.74, 6) is -21.6. The van der Waals surface area contributed by atoms with Gasteiger partial charge in [0.15, 0.2) is 0 Å². The third-order valence-corrected chi connectivity index (χ3v) is 3.81. The molecule has 0 atom stereocenters. The average molecular weight is 923 g/mol. The molecule has 33 heteroatoms. The number of carbonyl (C=O) groups is 8. The molecule has 0 heterocycles. The second kappa shape index (κ2) is 20.9. The topological polar surface area (TPSA) is 137 Å². The Morgan fingerprint density at radius 1 is 0.208 bits per heavy atom.